The molecule has 1 aliphatic rings. The Morgan fingerprint density at radius 2 is 1.58 bits per heavy atom. The molecule has 0 spiro atoms. The van der Waals surface area contributed by atoms with Crippen molar-refractivity contribution < 1.29 is 28.6 Å². The number of benzene rings is 3. The molecule has 2 heterocycles. The molecule has 0 atom stereocenters. The van der Waals surface area contributed by atoms with Gasteiger partial charge in [0.05, 0.1) is 30.2 Å². The van der Waals surface area contributed by atoms with Gasteiger partial charge in [0.1, 0.15) is 11.4 Å². The van der Waals surface area contributed by atoms with E-state index in [1.807, 2.05) is 42.5 Å². The number of carbonyl (C=O) groups is 3. The van der Waals surface area contributed by atoms with Gasteiger partial charge in [0.2, 0.25) is 0 Å². The lowest BCUT2D eigenvalue weighted by molar-refractivity contribution is 0.00692. The van der Waals surface area contributed by atoms with E-state index >= 15 is 0 Å². The Morgan fingerprint density at radius 1 is 0.860 bits per heavy atom. The van der Waals surface area contributed by atoms with E-state index in [1.165, 1.54) is 5.56 Å². The second kappa shape index (κ2) is 16.2. The van der Waals surface area contributed by atoms with Gasteiger partial charge in [0.15, 0.2) is 5.69 Å². The standard InChI is InChI=1S/C41H49N3O6/c1-7-10-16-35-36(37(40(47)48-9-3)42-44(35)31-18-20-32(21-19-31)49-25-11-8-2)33-22-17-29(39(46)50-41(4,5)6)26-34(33)38(45)43-24-23-28-14-12-13-15-30(28)27-43/h12-15,17-22,26H,7-11,16,23-25,27H2,1-6H3. The first-order valence-electron chi connectivity index (χ1n) is 17.8. The molecule has 0 saturated carbocycles. The number of esters is 2. The monoisotopic (exact) mass is 679 g/mol. The molecule has 264 valence electrons. The normalized spacial score (nSPS) is 12.7. The highest BCUT2D eigenvalue weighted by Gasteiger charge is 2.32. The third-order valence-corrected chi connectivity index (χ3v) is 8.64. The first kappa shape index (κ1) is 36.4. The summed E-state index contributed by atoms with van der Waals surface area (Å²) < 4.78 is 18.9. The Kier molecular flexibility index (Phi) is 11.8. The number of ether oxygens (including phenoxy) is 3. The van der Waals surface area contributed by atoms with Crippen LogP contribution in [0.15, 0.2) is 66.7 Å². The molecule has 1 aliphatic heterocycles. The van der Waals surface area contributed by atoms with Crippen molar-refractivity contribution in [3.8, 4) is 22.6 Å². The zero-order chi connectivity index (χ0) is 35.8. The van der Waals surface area contributed by atoms with Crippen molar-refractivity contribution in [2.75, 3.05) is 19.8 Å². The highest BCUT2D eigenvalue weighted by molar-refractivity contribution is 6.07. The summed E-state index contributed by atoms with van der Waals surface area (Å²) in [7, 11) is 0. The predicted molar refractivity (Wildman–Crippen MR) is 194 cm³/mol. The number of amides is 1. The van der Waals surface area contributed by atoms with Crippen LogP contribution in [0.2, 0.25) is 0 Å². The van der Waals surface area contributed by atoms with Crippen LogP contribution in [-0.4, -0.2) is 57.9 Å². The van der Waals surface area contributed by atoms with E-state index in [2.05, 4.69) is 19.9 Å². The van der Waals surface area contributed by atoms with Gasteiger partial charge in [-0.15, -0.1) is 0 Å². The number of nitrogens with zero attached hydrogens (tertiary/aromatic N) is 3. The summed E-state index contributed by atoms with van der Waals surface area (Å²) in [6.07, 6.45) is 5.04. The van der Waals surface area contributed by atoms with E-state index in [4.69, 9.17) is 19.3 Å². The summed E-state index contributed by atoms with van der Waals surface area (Å²) >= 11 is 0. The molecule has 1 amide bonds. The predicted octanol–water partition coefficient (Wildman–Crippen LogP) is 8.39. The quantitative estimate of drug-likeness (QED) is 0.103. The largest absolute Gasteiger partial charge is 0.494 e. The maximum Gasteiger partial charge on any atom is 0.359 e. The molecule has 4 aromatic rings. The van der Waals surface area contributed by atoms with Gasteiger partial charge in [-0.05, 0) is 106 Å². The van der Waals surface area contributed by atoms with Gasteiger partial charge >= 0.3 is 11.9 Å². The molecule has 3 aromatic carbocycles. The number of hydrogen-bond donors (Lipinski definition) is 0. The lowest BCUT2D eigenvalue weighted by atomic mass is 9.92. The van der Waals surface area contributed by atoms with Crippen molar-refractivity contribution in [2.24, 2.45) is 0 Å². The molecule has 0 saturated heterocycles. The van der Waals surface area contributed by atoms with Crippen LogP contribution < -0.4 is 4.74 Å². The number of fused-ring (bicyclic) bond motifs is 1. The number of unbranched alkanes of at least 4 members (excludes halogenated alkanes) is 2. The van der Waals surface area contributed by atoms with E-state index in [9.17, 15) is 14.4 Å². The summed E-state index contributed by atoms with van der Waals surface area (Å²) in [6.45, 7) is 13.1. The van der Waals surface area contributed by atoms with Crippen LogP contribution in [0, 0.1) is 0 Å². The minimum absolute atomic E-state index is 0.115. The second-order valence-corrected chi connectivity index (χ2v) is 13.6. The third kappa shape index (κ3) is 8.44. The maximum atomic E-state index is 14.6. The van der Waals surface area contributed by atoms with Crippen molar-refractivity contribution >= 4 is 17.8 Å². The van der Waals surface area contributed by atoms with Crippen LogP contribution in [0.3, 0.4) is 0 Å². The second-order valence-electron chi connectivity index (χ2n) is 13.6. The van der Waals surface area contributed by atoms with Crippen LogP contribution in [-0.2, 0) is 28.9 Å². The van der Waals surface area contributed by atoms with Gasteiger partial charge in [0.25, 0.3) is 5.91 Å². The van der Waals surface area contributed by atoms with Crippen molar-refractivity contribution in [1.82, 2.24) is 14.7 Å². The Labute approximate surface area is 295 Å². The van der Waals surface area contributed by atoms with Crippen molar-refractivity contribution in [3.05, 3.63) is 100 Å². The van der Waals surface area contributed by atoms with Gasteiger partial charge in [0, 0.05) is 24.2 Å². The van der Waals surface area contributed by atoms with E-state index in [0.717, 1.165) is 54.8 Å². The summed E-state index contributed by atoms with van der Waals surface area (Å²) in [5, 5.41) is 4.87. The Bertz CT molecular complexity index is 1820. The molecular weight excluding hydrogens is 630 g/mol. The first-order valence-corrected chi connectivity index (χ1v) is 17.8. The van der Waals surface area contributed by atoms with Gasteiger partial charge in [-0.1, -0.05) is 57.0 Å². The van der Waals surface area contributed by atoms with Crippen LogP contribution in [0.25, 0.3) is 16.8 Å². The van der Waals surface area contributed by atoms with Gasteiger partial charge in [-0.25, -0.2) is 14.3 Å². The molecule has 0 radical (unpaired) electrons. The third-order valence-electron chi connectivity index (χ3n) is 8.64. The van der Waals surface area contributed by atoms with Crippen molar-refractivity contribution in [3.63, 3.8) is 0 Å². The minimum Gasteiger partial charge on any atom is -0.494 e. The Balaban J connectivity index is 1.69. The topological polar surface area (TPSA) is 100.0 Å². The fourth-order valence-electron chi connectivity index (χ4n) is 6.13. The fourth-order valence-corrected chi connectivity index (χ4v) is 6.13. The molecule has 1 aromatic heterocycles. The van der Waals surface area contributed by atoms with E-state index in [1.54, 1.807) is 55.5 Å². The molecule has 9 nitrogen and oxygen atoms in total. The van der Waals surface area contributed by atoms with Gasteiger partial charge < -0.3 is 19.1 Å². The molecule has 9 heteroatoms. The van der Waals surface area contributed by atoms with Crippen LogP contribution >= 0.6 is 0 Å². The molecule has 0 bridgehead atoms. The van der Waals surface area contributed by atoms with Crippen LogP contribution in [0.5, 0.6) is 5.75 Å². The summed E-state index contributed by atoms with van der Waals surface area (Å²) in [5.41, 5.74) is 4.81. The average molecular weight is 680 g/mol. The maximum absolute atomic E-state index is 14.6. The zero-order valence-electron chi connectivity index (χ0n) is 30.2. The molecule has 0 unspecified atom stereocenters. The summed E-state index contributed by atoms with van der Waals surface area (Å²) in [4.78, 5) is 43.5. The molecule has 0 aliphatic carbocycles. The molecule has 0 fully saturated rings. The Hall–Kier alpha value is -4.92. The molecule has 50 heavy (non-hydrogen) atoms. The highest BCUT2D eigenvalue weighted by Crippen LogP contribution is 2.36. The fraction of sp³-hybridized carbons (Fsp3) is 0.415. The van der Waals surface area contributed by atoms with E-state index in [-0.39, 0.29) is 23.8 Å². The lowest BCUT2D eigenvalue weighted by Gasteiger charge is -2.30. The highest BCUT2D eigenvalue weighted by atomic mass is 16.6. The zero-order valence-corrected chi connectivity index (χ0v) is 30.2. The summed E-state index contributed by atoms with van der Waals surface area (Å²) in [5.74, 6) is -0.600. The van der Waals surface area contributed by atoms with Crippen molar-refractivity contribution in [1.29, 1.82) is 0 Å². The smallest absolute Gasteiger partial charge is 0.359 e. The molecule has 0 N–H and O–H groups in total. The SMILES string of the molecule is CCCCOc1ccc(-n2nc(C(=O)OCC)c(-c3ccc(C(=O)OC(C)(C)C)cc3C(=O)N3CCc4ccccc4C3)c2CCCC)cc1. The summed E-state index contributed by atoms with van der Waals surface area (Å²) in [6, 6.07) is 20.8. The number of hydrogen-bond acceptors (Lipinski definition) is 7. The Morgan fingerprint density at radius 3 is 2.26 bits per heavy atom. The van der Waals surface area contributed by atoms with Gasteiger partial charge in [-0.3, -0.25) is 4.79 Å². The van der Waals surface area contributed by atoms with E-state index < -0.39 is 17.5 Å². The number of aromatic nitrogens is 2. The van der Waals surface area contributed by atoms with Crippen molar-refractivity contribution in [2.45, 2.75) is 92.2 Å². The first-order chi connectivity index (χ1) is 24.0. The van der Waals surface area contributed by atoms with Crippen LogP contribution in [0.4, 0.5) is 0 Å². The minimum atomic E-state index is -0.724. The lowest BCUT2D eigenvalue weighted by Crippen LogP contribution is -2.36. The van der Waals surface area contributed by atoms with Gasteiger partial charge in [-0.2, -0.15) is 5.10 Å². The number of carbonyl (C=O) groups excluding carboxylic acids is 3. The average Bonchev–Trinajstić information content (AvgIpc) is 3.49. The molecule has 5 rings (SSSR count). The van der Waals surface area contributed by atoms with E-state index in [0.29, 0.717) is 42.8 Å². The molecular formula is C41H49N3O6. The number of rotatable bonds is 13. The van der Waals surface area contributed by atoms with Crippen LogP contribution in [0.1, 0.15) is 115 Å².